The molecule has 1 saturated heterocycles. The smallest absolute Gasteiger partial charge is 0.321 e. The number of hydrogen-bond acceptors (Lipinski definition) is 6. The normalized spacial score (nSPS) is 14.7. The third kappa shape index (κ3) is 8.10. The van der Waals surface area contributed by atoms with Crippen LogP contribution in [0.4, 0.5) is 10.5 Å². The maximum absolute atomic E-state index is 12.7. The van der Waals surface area contributed by atoms with Crippen molar-refractivity contribution in [1.82, 2.24) is 20.1 Å². The number of carboxylic acids is 1. The van der Waals surface area contributed by atoms with Crippen LogP contribution in [-0.4, -0.2) is 76.6 Å². The lowest BCUT2D eigenvalue weighted by Crippen LogP contribution is -2.50. The molecule has 1 atom stereocenters. The van der Waals surface area contributed by atoms with Crippen LogP contribution in [0.1, 0.15) is 30.9 Å². The highest BCUT2D eigenvalue weighted by Gasteiger charge is 2.22. The molecule has 36 heavy (non-hydrogen) atoms. The Kier molecular flexibility index (Phi) is 9.89. The van der Waals surface area contributed by atoms with Gasteiger partial charge in [-0.2, -0.15) is 0 Å². The predicted molar refractivity (Wildman–Crippen MR) is 136 cm³/mol. The third-order valence-electron chi connectivity index (χ3n) is 5.86. The number of pyridine rings is 1. The van der Waals surface area contributed by atoms with Crippen molar-refractivity contribution in [2.24, 2.45) is 0 Å². The molecule has 0 spiro atoms. The Morgan fingerprint density at radius 3 is 2.61 bits per heavy atom. The van der Waals surface area contributed by atoms with Gasteiger partial charge in [0.05, 0.1) is 11.4 Å². The number of nitrogens with zero attached hydrogens (tertiary/aromatic N) is 3. The van der Waals surface area contributed by atoms with Crippen LogP contribution in [0.5, 0.6) is 5.88 Å². The van der Waals surface area contributed by atoms with Gasteiger partial charge in [0.25, 0.3) is 5.91 Å². The number of aliphatic carboxylic acids is 1. The summed E-state index contributed by atoms with van der Waals surface area (Å²) < 4.78 is 5.80. The molecule has 3 rings (SSSR count). The Labute approximate surface area is 215 Å². The number of anilines is 1. The molecule has 10 nitrogen and oxygen atoms in total. The second-order valence-electron chi connectivity index (χ2n) is 8.61. The van der Waals surface area contributed by atoms with E-state index in [0.717, 1.165) is 11.1 Å². The average molecular weight is 518 g/mol. The molecule has 2 aromatic rings. The number of ether oxygens (including phenoxy) is 1. The molecular weight excluding hydrogens is 486 g/mol. The van der Waals surface area contributed by atoms with Gasteiger partial charge >= 0.3 is 12.0 Å². The third-order valence-corrected chi connectivity index (χ3v) is 6.07. The highest BCUT2D eigenvalue weighted by molar-refractivity contribution is 6.30. The van der Waals surface area contributed by atoms with Crippen molar-refractivity contribution in [2.75, 3.05) is 38.0 Å². The molecule has 1 aromatic heterocycles. The second kappa shape index (κ2) is 13.1. The van der Waals surface area contributed by atoms with E-state index < -0.39 is 12.1 Å². The van der Waals surface area contributed by atoms with Crippen LogP contribution in [0, 0.1) is 6.92 Å². The number of nitrogens with one attached hydrogen (secondary N) is 2. The molecule has 0 saturated carbocycles. The summed E-state index contributed by atoms with van der Waals surface area (Å²) in [5.41, 5.74) is 2.21. The minimum Gasteiger partial charge on any atom is -0.481 e. The Balaban J connectivity index is 1.49. The monoisotopic (exact) mass is 517 g/mol. The van der Waals surface area contributed by atoms with E-state index in [1.54, 1.807) is 17.0 Å². The predicted octanol–water partition coefficient (Wildman–Crippen LogP) is 3.14. The second-order valence-corrected chi connectivity index (χ2v) is 9.05. The van der Waals surface area contributed by atoms with E-state index in [4.69, 9.17) is 21.4 Å². The number of rotatable bonds is 10. The van der Waals surface area contributed by atoms with Gasteiger partial charge in [-0.3, -0.25) is 14.5 Å². The molecule has 0 bridgehead atoms. The lowest BCUT2D eigenvalue weighted by atomic mass is 10.2. The van der Waals surface area contributed by atoms with Gasteiger partial charge in [0, 0.05) is 56.7 Å². The van der Waals surface area contributed by atoms with E-state index in [1.807, 2.05) is 36.9 Å². The van der Waals surface area contributed by atoms with Crippen molar-refractivity contribution in [3.05, 3.63) is 52.7 Å². The van der Waals surface area contributed by atoms with E-state index >= 15 is 0 Å². The molecule has 3 amide bonds. The first-order valence-electron chi connectivity index (χ1n) is 11.9. The fourth-order valence-electron chi connectivity index (χ4n) is 3.80. The number of piperazine rings is 1. The van der Waals surface area contributed by atoms with Gasteiger partial charge in [0.1, 0.15) is 0 Å². The number of urea groups is 1. The van der Waals surface area contributed by atoms with Crippen LogP contribution in [-0.2, 0) is 16.1 Å². The minimum absolute atomic E-state index is 0.0955. The number of halogens is 1. The number of aromatic nitrogens is 1. The van der Waals surface area contributed by atoms with E-state index in [9.17, 15) is 14.4 Å². The van der Waals surface area contributed by atoms with Gasteiger partial charge in [0.2, 0.25) is 5.88 Å². The van der Waals surface area contributed by atoms with Crippen LogP contribution in [0.25, 0.3) is 0 Å². The van der Waals surface area contributed by atoms with E-state index in [1.165, 1.54) is 6.20 Å². The van der Waals surface area contributed by atoms with Crippen LogP contribution in [0.3, 0.4) is 0 Å². The average Bonchev–Trinajstić information content (AvgIpc) is 2.86. The number of carbonyl (C=O) groups excluding carboxylic acids is 2. The van der Waals surface area contributed by atoms with E-state index in [2.05, 4.69) is 15.6 Å². The first kappa shape index (κ1) is 27.2. The van der Waals surface area contributed by atoms with Crippen molar-refractivity contribution in [2.45, 2.75) is 39.3 Å². The van der Waals surface area contributed by atoms with Crippen molar-refractivity contribution < 1.29 is 24.2 Å². The molecule has 0 radical (unpaired) electrons. The summed E-state index contributed by atoms with van der Waals surface area (Å²) >= 11 is 5.94. The Bertz CT molecular complexity index is 1070. The number of carboxylic acid groups (broad SMARTS) is 1. The van der Waals surface area contributed by atoms with Crippen molar-refractivity contribution in [1.29, 1.82) is 0 Å². The summed E-state index contributed by atoms with van der Waals surface area (Å²) in [6, 6.07) is 8.81. The SMILES string of the molecule is CC[C@@H](Oc1ncc(Cl)cc1C)C(=O)NCc1cccc(NC(=O)N2CCN(CCC(=O)O)CC2)c1. The Morgan fingerprint density at radius 2 is 1.94 bits per heavy atom. The van der Waals surface area contributed by atoms with Gasteiger partial charge in [0.15, 0.2) is 6.10 Å². The molecule has 0 unspecified atom stereocenters. The summed E-state index contributed by atoms with van der Waals surface area (Å²) in [6.45, 7) is 6.77. The summed E-state index contributed by atoms with van der Waals surface area (Å²) in [5.74, 6) is -0.713. The molecule has 2 heterocycles. The number of amides is 3. The highest BCUT2D eigenvalue weighted by atomic mass is 35.5. The summed E-state index contributed by atoms with van der Waals surface area (Å²) in [6.07, 6.45) is 1.34. The highest BCUT2D eigenvalue weighted by Crippen LogP contribution is 2.20. The lowest BCUT2D eigenvalue weighted by molar-refractivity contribution is -0.137. The summed E-state index contributed by atoms with van der Waals surface area (Å²) in [4.78, 5) is 44.0. The van der Waals surface area contributed by atoms with Gasteiger partial charge in [-0.1, -0.05) is 30.7 Å². The largest absolute Gasteiger partial charge is 0.481 e. The zero-order chi connectivity index (χ0) is 26.1. The van der Waals surface area contributed by atoms with Gasteiger partial charge in [-0.15, -0.1) is 0 Å². The quantitative estimate of drug-likeness (QED) is 0.442. The van der Waals surface area contributed by atoms with Crippen molar-refractivity contribution >= 4 is 35.2 Å². The molecule has 1 fully saturated rings. The fraction of sp³-hybridized carbons (Fsp3) is 0.440. The summed E-state index contributed by atoms with van der Waals surface area (Å²) in [5, 5.41) is 15.1. The van der Waals surface area contributed by atoms with Crippen LogP contribution >= 0.6 is 11.6 Å². The van der Waals surface area contributed by atoms with Gasteiger partial charge in [-0.05, 0) is 37.1 Å². The molecule has 11 heteroatoms. The first-order chi connectivity index (χ1) is 17.2. The number of aryl methyl sites for hydroxylation is 1. The van der Waals surface area contributed by atoms with Crippen LogP contribution < -0.4 is 15.4 Å². The topological polar surface area (TPSA) is 124 Å². The van der Waals surface area contributed by atoms with Gasteiger partial charge in [-0.25, -0.2) is 9.78 Å². The number of carbonyl (C=O) groups is 3. The lowest BCUT2D eigenvalue weighted by Gasteiger charge is -2.34. The zero-order valence-corrected chi connectivity index (χ0v) is 21.3. The maximum Gasteiger partial charge on any atom is 0.321 e. The minimum atomic E-state index is -0.822. The van der Waals surface area contributed by atoms with Crippen LogP contribution in [0.2, 0.25) is 5.02 Å². The van der Waals surface area contributed by atoms with Crippen molar-refractivity contribution in [3.63, 3.8) is 0 Å². The Morgan fingerprint density at radius 1 is 1.19 bits per heavy atom. The molecule has 1 aromatic carbocycles. The summed E-state index contributed by atoms with van der Waals surface area (Å²) in [7, 11) is 0. The standard InChI is InChI=1S/C25H32ClN5O5/c1-3-21(36-24-17(2)13-19(26)16-28-24)23(34)27-15-18-5-4-6-20(14-18)29-25(35)31-11-9-30(10-12-31)8-7-22(32)33/h4-6,13-14,16,21H,3,7-12,15H2,1-2H3,(H,27,34)(H,29,35)(H,32,33)/t21-/m1/s1. The molecule has 1 aliphatic heterocycles. The van der Waals surface area contributed by atoms with Gasteiger partial charge < -0.3 is 25.4 Å². The molecule has 194 valence electrons. The van der Waals surface area contributed by atoms with Crippen LogP contribution in [0.15, 0.2) is 36.5 Å². The first-order valence-corrected chi connectivity index (χ1v) is 12.3. The molecular formula is C25H32ClN5O5. The van der Waals surface area contributed by atoms with E-state index in [0.29, 0.717) is 55.7 Å². The number of benzene rings is 1. The Hall–Kier alpha value is -3.37. The maximum atomic E-state index is 12.7. The van der Waals surface area contributed by atoms with E-state index in [-0.39, 0.29) is 24.9 Å². The number of hydrogen-bond donors (Lipinski definition) is 3. The van der Waals surface area contributed by atoms with Crippen molar-refractivity contribution in [3.8, 4) is 5.88 Å². The molecule has 0 aliphatic carbocycles. The zero-order valence-electron chi connectivity index (χ0n) is 20.5. The fourth-order valence-corrected chi connectivity index (χ4v) is 4.01. The molecule has 1 aliphatic rings. The molecule has 3 N–H and O–H groups in total.